The van der Waals surface area contributed by atoms with E-state index in [1.807, 2.05) is 10.3 Å². The van der Waals surface area contributed by atoms with Crippen LogP contribution in [0, 0.1) is 5.41 Å². The maximum absolute atomic E-state index is 12.2. The van der Waals surface area contributed by atoms with Gasteiger partial charge in [0, 0.05) is 24.7 Å². The molecule has 0 radical (unpaired) electrons. The van der Waals surface area contributed by atoms with E-state index in [9.17, 15) is 4.79 Å². The molecule has 0 saturated carbocycles. The monoisotopic (exact) mass is 297 g/mol. The Balaban J connectivity index is 1.87. The Morgan fingerprint density at radius 3 is 3.10 bits per heavy atom. The average Bonchev–Trinajstić information content (AvgIpc) is 2.99. The van der Waals surface area contributed by atoms with Gasteiger partial charge in [-0.05, 0) is 11.8 Å². The predicted octanol–water partition coefficient (Wildman–Crippen LogP) is 2.66. The first-order valence-electron chi connectivity index (χ1n) is 7.05. The standard InChI is InChI=1S/C14H23N3O2S/c1-4-14(2,3)10-16-13(18)17-6-7-19-11(9-17)12-15-5-8-20-12/h5,8,11H,4,6-7,9-10H2,1-3H3,(H,16,18). The summed E-state index contributed by atoms with van der Waals surface area (Å²) in [6.45, 7) is 8.93. The third-order valence-electron chi connectivity index (χ3n) is 3.76. The van der Waals surface area contributed by atoms with Crippen molar-refractivity contribution in [2.24, 2.45) is 5.41 Å². The van der Waals surface area contributed by atoms with Crippen molar-refractivity contribution in [3.05, 3.63) is 16.6 Å². The molecule has 0 spiro atoms. The number of urea groups is 1. The van der Waals surface area contributed by atoms with Crippen LogP contribution < -0.4 is 5.32 Å². The Morgan fingerprint density at radius 2 is 2.45 bits per heavy atom. The van der Waals surface area contributed by atoms with Gasteiger partial charge in [0.25, 0.3) is 0 Å². The van der Waals surface area contributed by atoms with Gasteiger partial charge in [-0.2, -0.15) is 0 Å². The molecule has 0 aliphatic carbocycles. The lowest BCUT2D eigenvalue weighted by atomic mass is 9.90. The lowest BCUT2D eigenvalue weighted by Crippen LogP contribution is -2.48. The van der Waals surface area contributed by atoms with E-state index in [0.717, 1.165) is 11.4 Å². The lowest BCUT2D eigenvalue weighted by molar-refractivity contribution is -0.0157. The molecule has 5 nitrogen and oxygen atoms in total. The molecule has 1 aromatic rings. The van der Waals surface area contributed by atoms with Gasteiger partial charge >= 0.3 is 6.03 Å². The quantitative estimate of drug-likeness (QED) is 0.929. The number of aromatic nitrogens is 1. The molecule has 0 bridgehead atoms. The average molecular weight is 297 g/mol. The Bertz CT molecular complexity index is 434. The number of rotatable bonds is 4. The molecule has 1 unspecified atom stereocenters. The zero-order valence-corrected chi connectivity index (χ0v) is 13.2. The van der Waals surface area contributed by atoms with Crippen LogP contribution in [0.3, 0.4) is 0 Å². The molecule has 2 heterocycles. The summed E-state index contributed by atoms with van der Waals surface area (Å²) < 4.78 is 5.70. The largest absolute Gasteiger partial charge is 0.367 e. The lowest BCUT2D eigenvalue weighted by Gasteiger charge is -2.33. The fraction of sp³-hybridized carbons (Fsp3) is 0.714. The number of hydrogen-bond donors (Lipinski definition) is 1. The van der Waals surface area contributed by atoms with Crippen LogP contribution in [0.5, 0.6) is 0 Å². The van der Waals surface area contributed by atoms with Crippen molar-refractivity contribution in [3.8, 4) is 0 Å². The van der Waals surface area contributed by atoms with Crippen LogP contribution >= 0.6 is 11.3 Å². The highest BCUT2D eigenvalue weighted by Gasteiger charge is 2.27. The number of nitrogens with zero attached hydrogens (tertiary/aromatic N) is 2. The van der Waals surface area contributed by atoms with Crippen LogP contribution in [0.2, 0.25) is 0 Å². The molecular weight excluding hydrogens is 274 g/mol. The van der Waals surface area contributed by atoms with E-state index >= 15 is 0 Å². The minimum absolute atomic E-state index is 0.00335. The number of amides is 2. The molecule has 2 rings (SSSR count). The molecule has 1 aromatic heterocycles. The minimum Gasteiger partial charge on any atom is -0.367 e. The fourth-order valence-electron chi connectivity index (χ4n) is 1.93. The number of ether oxygens (including phenoxy) is 1. The highest BCUT2D eigenvalue weighted by molar-refractivity contribution is 7.09. The molecule has 1 aliphatic rings. The van der Waals surface area contributed by atoms with E-state index in [4.69, 9.17) is 4.74 Å². The van der Waals surface area contributed by atoms with Crippen LogP contribution in [0.1, 0.15) is 38.3 Å². The van der Waals surface area contributed by atoms with Crippen molar-refractivity contribution in [1.82, 2.24) is 15.2 Å². The molecule has 1 N–H and O–H groups in total. The summed E-state index contributed by atoms with van der Waals surface area (Å²) in [6, 6.07) is -0.00335. The van der Waals surface area contributed by atoms with Gasteiger partial charge in [0.1, 0.15) is 11.1 Å². The number of carbonyl (C=O) groups excluding carboxylic acids is 1. The maximum Gasteiger partial charge on any atom is 0.317 e. The van der Waals surface area contributed by atoms with Gasteiger partial charge in [-0.25, -0.2) is 9.78 Å². The summed E-state index contributed by atoms with van der Waals surface area (Å²) in [4.78, 5) is 18.3. The van der Waals surface area contributed by atoms with Crippen molar-refractivity contribution < 1.29 is 9.53 Å². The normalized spacial score (nSPS) is 19.9. The molecule has 1 aliphatic heterocycles. The van der Waals surface area contributed by atoms with Gasteiger partial charge in [0.2, 0.25) is 0 Å². The Morgan fingerprint density at radius 1 is 1.65 bits per heavy atom. The summed E-state index contributed by atoms with van der Waals surface area (Å²) in [7, 11) is 0. The summed E-state index contributed by atoms with van der Waals surface area (Å²) >= 11 is 1.57. The van der Waals surface area contributed by atoms with E-state index < -0.39 is 0 Å². The van der Waals surface area contributed by atoms with Gasteiger partial charge in [-0.15, -0.1) is 11.3 Å². The first kappa shape index (κ1) is 15.3. The highest BCUT2D eigenvalue weighted by atomic mass is 32.1. The number of nitrogens with one attached hydrogen (secondary N) is 1. The van der Waals surface area contributed by atoms with Crippen molar-refractivity contribution in [2.45, 2.75) is 33.3 Å². The van der Waals surface area contributed by atoms with Crippen LogP contribution in [0.4, 0.5) is 4.79 Å². The van der Waals surface area contributed by atoms with Gasteiger partial charge in [-0.1, -0.05) is 20.8 Å². The maximum atomic E-state index is 12.2. The molecule has 1 atom stereocenters. The molecule has 1 fully saturated rings. The topological polar surface area (TPSA) is 54.5 Å². The summed E-state index contributed by atoms with van der Waals surface area (Å²) in [5, 5.41) is 5.90. The van der Waals surface area contributed by atoms with E-state index in [1.54, 1.807) is 17.5 Å². The van der Waals surface area contributed by atoms with Crippen LogP contribution in [0.25, 0.3) is 0 Å². The van der Waals surface area contributed by atoms with Crippen LogP contribution in [-0.2, 0) is 4.74 Å². The smallest absolute Gasteiger partial charge is 0.317 e. The van der Waals surface area contributed by atoms with E-state index in [2.05, 4.69) is 31.1 Å². The SMILES string of the molecule is CCC(C)(C)CNC(=O)N1CCOC(c2nccs2)C1. The van der Waals surface area contributed by atoms with Crippen molar-refractivity contribution in [2.75, 3.05) is 26.2 Å². The Labute approximate surface area is 124 Å². The zero-order chi connectivity index (χ0) is 14.6. The second-order valence-electron chi connectivity index (χ2n) is 5.85. The van der Waals surface area contributed by atoms with E-state index in [-0.39, 0.29) is 17.6 Å². The Kier molecular flexibility index (Phi) is 4.99. The number of morpholine rings is 1. The number of carbonyl (C=O) groups is 1. The second kappa shape index (κ2) is 6.54. The van der Waals surface area contributed by atoms with Gasteiger partial charge in [0.05, 0.1) is 13.2 Å². The summed E-state index contributed by atoms with van der Waals surface area (Å²) in [5.41, 5.74) is 0.136. The number of hydrogen-bond acceptors (Lipinski definition) is 4. The van der Waals surface area contributed by atoms with Gasteiger partial charge in [0.15, 0.2) is 0 Å². The molecule has 1 saturated heterocycles. The molecule has 112 valence electrons. The third-order valence-corrected chi connectivity index (χ3v) is 4.62. The zero-order valence-electron chi connectivity index (χ0n) is 12.4. The van der Waals surface area contributed by atoms with E-state index in [0.29, 0.717) is 26.2 Å². The van der Waals surface area contributed by atoms with Crippen LogP contribution in [-0.4, -0.2) is 42.2 Å². The van der Waals surface area contributed by atoms with Crippen LogP contribution in [0.15, 0.2) is 11.6 Å². The molecule has 0 aromatic carbocycles. The Hall–Kier alpha value is -1.14. The molecular formula is C14H23N3O2S. The molecule has 20 heavy (non-hydrogen) atoms. The van der Waals surface area contributed by atoms with Gasteiger partial charge in [-0.3, -0.25) is 0 Å². The second-order valence-corrected chi connectivity index (χ2v) is 6.78. The van der Waals surface area contributed by atoms with E-state index in [1.165, 1.54) is 0 Å². The first-order valence-corrected chi connectivity index (χ1v) is 7.93. The molecule has 6 heteroatoms. The van der Waals surface area contributed by atoms with Crippen molar-refractivity contribution in [3.63, 3.8) is 0 Å². The first-order chi connectivity index (χ1) is 9.52. The summed E-state index contributed by atoms with van der Waals surface area (Å²) in [5.74, 6) is 0. The van der Waals surface area contributed by atoms with Gasteiger partial charge < -0.3 is 15.0 Å². The summed E-state index contributed by atoms with van der Waals surface area (Å²) in [6.07, 6.45) is 2.72. The minimum atomic E-state index is -0.0892. The number of thiazole rings is 1. The van der Waals surface area contributed by atoms with Crippen molar-refractivity contribution >= 4 is 17.4 Å². The fourth-order valence-corrected chi connectivity index (χ4v) is 2.61. The molecule has 2 amide bonds. The highest BCUT2D eigenvalue weighted by Crippen LogP contribution is 2.24. The predicted molar refractivity (Wildman–Crippen MR) is 79.9 cm³/mol. The third kappa shape index (κ3) is 3.93. The van der Waals surface area contributed by atoms with Crippen molar-refractivity contribution in [1.29, 1.82) is 0 Å².